The molecule has 2 aromatic heterocycles. The predicted octanol–water partition coefficient (Wildman–Crippen LogP) is 7.39. The standard InChI is InChI=1S/C33H31ClFN5O4/c1-17-24(14-37-30-29(17)39(9-10-43-30)32(42)44-33(2,3)4)23-12-18-13-26(36-15-25(18)27(34)28(23)35)38-20-5-8-22-19(11-20)16-40(31(22)41)21-6-7-21/h5,8,11-15,21H,6-7,9-10,16H2,1-4H3,(H,36,38). The molecule has 4 heterocycles. The van der Waals surface area contributed by atoms with Crippen molar-refractivity contribution in [3.8, 4) is 17.0 Å². The van der Waals surface area contributed by atoms with Gasteiger partial charge in [-0.15, -0.1) is 0 Å². The quantitative estimate of drug-likeness (QED) is 0.256. The van der Waals surface area contributed by atoms with Crippen LogP contribution in [0.5, 0.6) is 5.88 Å². The van der Waals surface area contributed by atoms with Gasteiger partial charge in [0.1, 0.15) is 29.5 Å². The molecule has 4 aromatic rings. The first-order chi connectivity index (χ1) is 21.0. The molecule has 44 heavy (non-hydrogen) atoms. The smallest absolute Gasteiger partial charge is 0.415 e. The molecule has 1 aliphatic carbocycles. The predicted molar refractivity (Wildman–Crippen MR) is 166 cm³/mol. The van der Waals surface area contributed by atoms with E-state index < -0.39 is 17.5 Å². The molecule has 7 rings (SSSR count). The molecule has 3 aliphatic rings. The van der Waals surface area contributed by atoms with E-state index in [1.165, 1.54) is 17.3 Å². The SMILES string of the molecule is Cc1c(-c2cc3cc(Nc4ccc5c(c4)CN(C4CC4)C5=O)ncc3c(Cl)c2F)cnc2c1N(C(=O)OC(C)(C)C)CCO2. The van der Waals surface area contributed by atoms with Gasteiger partial charge in [-0.1, -0.05) is 11.6 Å². The van der Waals surface area contributed by atoms with Crippen LogP contribution in [0, 0.1) is 12.7 Å². The van der Waals surface area contributed by atoms with Crippen LogP contribution in [-0.4, -0.2) is 51.7 Å². The van der Waals surface area contributed by atoms with Crippen LogP contribution in [0.15, 0.2) is 42.7 Å². The lowest BCUT2D eigenvalue weighted by Gasteiger charge is -2.32. The molecule has 2 aliphatic heterocycles. The number of nitrogens with one attached hydrogen (secondary N) is 1. The molecule has 226 valence electrons. The Bertz CT molecular complexity index is 1870. The highest BCUT2D eigenvalue weighted by molar-refractivity contribution is 6.36. The van der Waals surface area contributed by atoms with Crippen molar-refractivity contribution in [2.75, 3.05) is 23.4 Å². The topological polar surface area (TPSA) is 96.9 Å². The monoisotopic (exact) mass is 615 g/mol. The molecule has 0 unspecified atom stereocenters. The van der Waals surface area contributed by atoms with Gasteiger partial charge in [-0.25, -0.2) is 19.2 Å². The van der Waals surface area contributed by atoms with Crippen LogP contribution < -0.4 is 15.0 Å². The number of carbonyl (C=O) groups is 2. The van der Waals surface area contributed by atoms with E-state index in [-0.39, 0.29) is 35.5 Å². The highest BCUT2D eigenvalue weighted by atomic mass is 35.5. The Morgan fingerprint density at radius 3 is 2.66 bits per heavy atom. The van der Waals surface area contributed by atoms with Crippen molar-refractivity contribution >= 4 is 51.6 Å². The van der Waals surface area contributed by atoms with Gasteiger partial charge in [0, 0.05) is 52.7 Å². The number of halogens is 2. The van der Waals surface area contributed by atoms with Gasteiger partial charge < -0.3 is 19.7 Å². The average Bonchev–Trinajstić information content (AvgIpc) is 3.77. The largest absolute Gasteiger partial charge is 0.474 e. The Labute approximate surface area is 258 Å². The van der Waals surface area contributed by atoms with Gasteiger partial charge in [-0.3, -0.25) is 9.69 Å². The van der Waals surface area contributed by atoms with Crippen molar-refractivity contribution in [3.63, 3.8) is 0 Å². The molecule has 0 radical (unpaired) electrons. The maximum atomic E-state index is 15.8. The molecule has 2 amide bonds. The summed E-state index contributed by atoms with van der Waals surface area (Å²) in [6.45, 7) is 8.33. The minimum absolute atomic E-state index is 0.0647. The number of rotatable bonds is 4. The molecule has 0 saturated heterocycles. The van der Waals surface area contributed by atoms with Crippen LogP contribution in [0.2, 0.25) is 5.02 Å². The van der Waals surface area contributed by atoms with Crippen LogP contribution in [0.3, 0.4) is 0 Å². The summed E-state index contributed by atoms with van der Waals surface area (Å²) in [7, 11) is 0. The molecule has 1 N–H and O–H groups in total. The van der Waals surface area contributed by atoms with E-state index in [1.54, 1.807) is 39.8 Å². The number of aromatic nitrogens is 2. The van der Waals surface area contributed by atoms with E-state index >= 15 is 4.39 Å². The molecular formula is C33H31ClFN5O4. The zero-order chi connectivity index (χ0) is 30.9. The summed E-state index contributed by atoms with van der Waals surface area (Å²) in [5, 5.41) is 4.38. The van der Waals surface area contributed by atoms with Crippen LogP contribution in [0.25, 0.3) is 21.9 Å². The summed E-state index contributed by atoms with van der Waals surface area (Å²) in [6, 6.07) is 9.55. The van der Waals surface area contributed by atoms with Crippen LogP contribution in [-0.2, 0) is 11.3 Å². The van der Waals surface area contributed by atoms with E-state index in [0.717, 1.165) is 29.7 Å². The minimum atomic E-state index is -0.694. The van der Waals surface area contributed by atoms with Crippen molar-refractivity contribution in [2.24, 2.45) is 0 Å². The van der Waals surface area contributed by atoms with E-state index in [4.69, 9.17) is 21.1 Å². The van der Waals surface area contributed by atoms with Crippen molar-refractivity contribution in [3.05, 3.63) is 70.3 Å². The first-order valence-electron chi connectivity index (χ1n) is 14.6. The molecule has 0 bridgehead atoms. The Morgan fingerprint density at radius 1 is 1.11 bits per heavy atom. The van der Waals surface area contributed by atoms with Gasteiger partial charge >= 0.3 is 6.09 Å². The fourth-order valence-corrected chi connectivity index (χ4v) is 6.11. The molecule has 11 heteroatoms. The number of ether oxygens (including phenoxy) is 2. The zero-order valence-electron chi connectivity index (χ0n) is 24.8. The lowest BCUT2D eigenvalue weighted by Crippen LogP contribution is -2.42. The number of nitrogens with zero attached hydrogens (tertiary/aromatic N) is 4. The number of hydrogen-bond acceptors (Lipinski definition) is 7. The lowest BCUT2D eigenvalue weighted by atomic mass is 9.97. The van der Waals surface area contributed by atoms with Gasteiger partial charge in [0.25, 0.3) is 5.91 Å². The minimum Gasteiger partial charge on any atom is -0.474 e. The average molecular weight is 616 g/mol. The molecule has 9 nitrogen and oxygen atoms in total. The molecule has 2 aromatic carbocycles. The number of hydrogen-bond donors (Lipinski definition) is 1. The zero-order valence-corrected chi connectivity index (χ0v) is 25.6. The maximum Gasteiger partial charge on any atom is 0.415 e. The number of benzene rings is 2. The Hall–Kier alpha value is -4.44. The van der Waals surface area contributed by atoms with E-state index in [0.29, 0.717) is 46.0 Å². The number of carbonyl (C=O) groups excluding carboxylic acids is 2. The van der Waals surface area contributed by atoms with Gasteiger partial charge in [-0.05, 0) is 87.4 Å². The van der Waals surface area contributed by atoms with Crippen molar-refractivity contribution in [1.29, 1.82) is 0 Å². The summed E-state index contributed by atoms with van der Waals surface area (Å²) in [5.74, 6) is 0.298. The normalized spacial score (nSPS) is 16.1. The first-order valence-corrected chi connectivity index (χ1v) is 15.0. The fraction of sp³-hybridized carbons (Fsp3) is 0.333. The Kier molecular flexibility index (Phi) is 6.65. The molecular weight excluding hydrogens is 585 g/mol. The number of fused-ring (bicyclic) bond motifs is 3. The van der Waals surface area contributed by atoms with Crippen LogP contribution >= 0.6 is 11.6 Å². The number of anilines is 3. The lowest BCUT2D eigenvalue weighted by molar-refractivity contribution is 0.0566. The Morgan fingerprint density at radius 2 is 1.91 bits per heavy atom. The van der Waals surface area contributed by atoms with Crippen molar-refractivity contribution < 1.29 is 23.5 Å². The molecule has 1 saturated carbocycles. The van der Waals surface area contributed by atoms with Gasteiger partial charge in [0.15, 0.2) is 0 Å². The highest BCUT2D eigenvalue weighted by Crippen LogP contribution is 2.42. The Balaban J connectivity index is 1.23. The van der Waals surface area contributed by atoms with Gasteiger partial charge in [0.2, 0.25) is 5.88 Å². The van der Waals surface area contributed by atoms with Crippen molar-refractivity contribution in [2.45, 2.75) is 58.7 Å². The van der Waals surface area contributed by atoms with E-state index in [1.807, 2.05) is 23.1 Å². The maximum absolute atomic E-state index is 15.8. The number of amides is 2. The highest BCUT2D eigenvalue weighted by Gasteiger charge is 2.38. The summed E-state index contributed by atoms with van der Waals surface area (Å²) in [6.07, 6.45) is 4.67. The molecule has 0 atom stereocenters. The third kappa shape index (κ3) is 4.96. The van der Waals surface area contributed by atoms with E-state index in [2.05, 4.69) is 15.3 Å². The fourth-order valence-electron chi connectivity index (χ4n) is 5.85. The third-order valence-corrected chi connectivity index (χ3v) is 8.47. The van der Waals surface area contributed by atoms with Crippen molar-refractivity contribution in [1.82, 2.24) is 14.9 Å². The van der Waals surface area contributed by atoms with E-state index in [9.17, 15) is 9.59 Å². The van der Waals surface area contributed by atoms with Crippen LogP contribution in [0.1, 0.15) is 55.1 Å². The summed E-state index contributed by atoms with van der Waals surface area (Å²) >= 11 is 6.56. The summed E-state index contributed by atoms with van der Waals surface area (Å²) in [4.78, 5) is 38.1. The number of pyridine rings is 2. The molecule has 0 spiro atoms. The van der Waals surface area contributed by atoms with Gasteiger partial charge in [0.05, 0.1) is 11.6 Å². The van der Waals surface area contributed by atoms with Gasteiger partial charge in [-0.2, -0.15) is 0 Å². The second-order valence-corrected chi connectivity index (χ2v) is 12.8. The summed E-state index contributed by atoms with van der Waals surface area (Å²) in [5.41, 5.74) is 3.58. The van der Waals surface area contributed by atoms with Crippen LogP contribution in [0.4, 0.5) is 26.4 Å². The second kappa shape index (κ2) is 10.3. The third-order valence-electron chi connectivity index (χ3n) is 8.10. The molecule has 1 fully saturated rings. The first kappa shape index (κ1) is 28.3. The second-order valence-electron chi connectivity index (χ2n) is 12.4. The summed E-state index contributed by atoms with van der Waals surface area (Å²) < 4.78 is 27.2.